The molecular weight excluding hydrogens is 394 g/mol. The van der Waals surface area contributed by atoms with Gasteiger partial charge in [-0.1, -0.05) is 11.5 Å². The Labute approximate surface area is 182 Å². The van der Waals surface area contributed by atoms with Gasteiger partial charge in [0, 0.05) is 17.8 Å². The average molecular weight is 424 g/mol. The highest BCUT2D eigenvalue weighted by Crippen LogP contribution is 2.23. The van der Waals surface area contributed by atoms with E-state index in [1.807, 2.05) is 31.2 Å². The molecule has 4 rings (SSSR count). The van der Waals surface area contributed by atoms with Crippen molar-refractivity contribution in [3.8, 4) is 11.5 Å². The molecule has 1 aromatic carbocycles. The number of anilines is 2. The number of aromatic nitrogens is 2. The zero-order valence-electron chi connectivity index (χ0n) is 18.1. The summed E-state index contributed by atoms with van der Waals surface area (Å²) < 4.78 is 11.1. The third-order valence-corrected chi connectivity index (χ3v) is 5.48. The second kappa shape index (κ2) is 9.78. The van der Waals surface area contributed by atoms with Crippen LogP contribution >= 0.6 is 0 Å². The smallest absolute Gasteiger partial charge is 0.315 e. The Bertz CT molecular complexity index is 1000. The molecule has 8 nitrogen and oxygen atoms in total. The van der Waals surface area contributed by atoms with Gasteiger partial charge in [-0.05, 0) is 83.1 Å². The van der Waals surface area contributed by atoms with Crippen molar-refractivity contribution in [3.63, 3.8) is 0 Å². The summed E-state index contributed by atoms with van der Waals surface area (Å²) in [5, 5.41) is 14.3. The summed E-state index contributed by atoms with van der Waals surface area (Å²) in [5.74, 6) is 1.56. The van der Waals surface area contributed by atoms with Crippen LogP contribution < -0.4 is 10.6 Å². The maximum atomic E-state index is 12.4. The molecule has 2 aromatic heterocycles. The fraction of sp³-hybridized carbons (Fsp3) is 0.435. The van der Waals surface area contributed by atoms with E-state index < -0.39 is 0 Å². The largest absolute Gasteiger partial charge is 0.466 e. The molecule has 1 saturated heterocycles. The number of amides is 1. The minimum atomic E-state index is -0.198. The normalized spacial score (nSPS) is 14.5. The van der Waals surface area contributed by atoms with Gasteiger partial charge in [0.15, 0.2) is 0 Å². The number of furan rings is 1. The molecule has 3 heterocycles. The summed E-state index contributed by atoms with van der Waals surface area (Å²) in [5.41, 5.74) is 2.01. The van der Waals surface area contributed by atoms with E-state index in [9.17, 15) is 4.79 Å². The predicted molar refractivity (Wildman–Crippen MR) is 119 cm³/mol. The molecule has 8 heteroatoms. The number of hydrogen-bond acceptors (Lipinski definition) is 7. The van der Waals surface area contributed by atoms with Gasteiger partial charge in [-0.15, -0.1) is 5.10 Å². The Morgan fingerprint density at radius 1 is 1.06 bits per heavy atom. The minimum Gasteiger partial charge on any atom is -0.466 e. The molecule has 0 radical (unpaired) electrons. The van der Waals surface area contributed by atoms with Crippen LogP contribution in [-0.4, -0.2) is 47.2 Å². The Morgan fingerprint density at radius 3 is 2.55 bits per heavy atom. The quantitative estimate of drug-likeness (QED) is 0.515. The van der Waals surface area contributed by atoms with Gasteiger partial charge in [0.1, 0.15) is 11.5 Å². The predicted octanol–water partition coefficient (Wildman–Crippen LogP) is 4.49. The molecule has 0 saturated carbocycles. The van der Waals surface area contributed by atoms with Crippen LogP contribution in [0.4, 0.5) is 11.7 Å². The number of likely N-dealkylation sites (tertiary alicyclic amines) is 1. The Hall–Kier alpha value is -3.13. The van der Waals surface area contributed by atoms with E-state index in [-0.39, 0.29) is 5.91 Å². The maximum absolute atomic E-state index is 12.4. The molecule has 1 fully saturated rings. The number of nitrogens with one attached hydrogen (secondary N) is 2. The van der Waals surface area contributed by atoms with Crippen LogP contribution in [0.1, 0.15) is 47.6 Å². The highest BCUT2D eigenvalue weighted by atomic mass is 16.4. The molecular formula is C23H29N5O3. The summed E-state index contributed by atoms with van der Waals surface area (Å²) in [6.45, 7) is 7.92. The number of carbonyl (C=O) groups is 1. The fourth-order valence-corrected chi connectivity index (χ4v) is 3.84. The van der Waals surface area contributed by atoms with Gasteiger partial charge in [0.05, 0.1) is 5.56 Å². The summed E-state index contributed by atoms with van der Waals surface area (Å²) in [6.07, 6.45) is 5.02. The second-order valence-corrected chi connectivity index (χ2v) is 7.95. The van der Waals surface area contributed by atoms with Crippen LogP contribution in [0.3, 0.4) is 0 Å². The number of rotatable bonds is 8. The molecule has 1 amide bonds. The zero-order valence-corrected chi connectivity index (χ0v) is 18.1. The standard InChI is InChI=1S/C23H29N5O3/c1-16-15-20(17(2)30-16)21(29)25-19-9-7-18(8-10-19)22-26-27-23(31-22)24-11-6-14-28-12-4-3-5-13-28/h7-10,15H,3-6,11-14H2,1-2H3,(H,24,27)(H,25,29). The highest BCUT2D eigenvalue weighted by Gasteiger charge is 2.14. The van der Waals surface area contributed by atoms with Crippen LogP contribution in [-0.2, 0) is 0 Å². The van der Waals surface area contributed by atoms with Crippen molar-refractivity contribution >= 4 is 17.6 Å². The number of hydrogen-bond donors (Lipinski definition) is 2. The van der Waals surface area contributed by atoms with Gasteiger partial charge in [0.25, 0.3) is 5.91 Å². The molecule has 0 unspecified atom stereocenters. The van der Waals surface area contributed by atoms with Crippen molar-refractivity contribution in [1.82, 2.24) is 15.1 Å². The zero-order chi connectivity index (χ0) is 21.6. The second-order valence-electron chi connectivity index (χ2n) is 7.95. The van der Waals surface area contributed by atoms with Crippen LogP contribution in [0.15, 0.2) is 39.2 Å². The lowest BCUT2D eigenvalue weighted by atomic mass is 10.1. The van der Waals surface area contributed by atoms with Gasteiger partial charge >= 0.3 is 6.01 Å². The summed E-state index contributed by atoms with van der Waals surface area (Å²) in [6, 6.07) is 9.47. The van der Waals surface area contributed by atoms with Gasteiger partial charge in [-0.25, -0.2) is 0 Å². The van der Waals surface area contributed by atoms with E-state index in [4.69, 9.17) is 8.83 Å². The molecule has 0 atom stereocenters. The molecule has 31 heavy (non-hydrogen) atoms. The van der Waals surface area contributed by atoms with Crippen LogP contribution in [0.2, 0.25) is 0 Å². The molecule has 1 aliphatic heterocycles. The Balaban J connectivity index is 1.27. The highest BCUT2D eigenvalue weighted by molar-refractivity contribution is 6.05. The van der Waals surface area contributed by atoms with E-state index in [1.165, 1.54) is 32.4 Å². The minimum absolute atomic E-state index is 0.198. The van der Waals surface area contributed by atoms with Crippen molar-refractivity contribution in [2.75, 3.05) is 36.8 Å². The lowest BCUT2D eigenvalue weighted by molar-refractivity contribution is 0.102. The summed E-state index contributed by atoms with van der Waals surface area (Å²) in [7, 11) is 0. The van der Waals surface area contributed by atoms with Crippen molar-refractivity contribution in [1.29, 1.82) is 0 Å². The molecule has 0 bridgehead atoms. The molecule has 164 valence electrons. The van der Waals surface area contributed by atoms with Crippen molar-refractivity contribution in [2.45, 2.75) is 39.5 Å². The Kier molecular flexibility index (Phi) is 6.66. The monoisotopic (exact) mass is 423 g/mol. The van der Waals surface area contributed by atoms with Gasteiger partial charge in [-0.3, -0.25) is 4.79 Å². The summed E-state index contributed by atoms with van der Waals surface area (Å²) in [4.78, 5) is 14.9. The number of piperidine rings is 1. The van der Waals surface area contributed by atoms with E-state index >= 15 is 0 Å². The molecule has 3 aromatic rings. The first-order valence-corrected chi connectivity index (χ1v) is 10.9. The van der Waals surface area contributed by atoms with Gasteiger partial charge in [-0.2, -0.15) is 0 Å². The lowest BCUT2D eigenvalue weighted by Gasteiger charge is -2.26. The van der Waals surface area contributed by atoms with E-state index in [0.717, 1.165) is 25.1 Å². The van der Waals surface area contributed by atoms with Crippen molar-refractivity contribution in [2.24, 2.45) is 0 Å². The first kappa shape index (κ1) is 21.1. The van der Waals surface area contributed by atoms with Crippen LogP contribution in [0.5, 0.6) is 0 Å². The molecule has 0 aliphatic carbocycles. The fourth-order valence-electron chi connectivity index (χ4n) is 3.84. The van der Waals surface area contributed by atoms with Crippen LogP contribution in [0, 0.1) is 13.8 Å². The molecule has 2 N–H and O–H groups in total. The lowest BCUT2D eigenvalue weighted by Crippen LogP contribution is -2.31. The number of nitrogens with zero attached hydrogens (tertiary/aromatic N) is 3. The first-order chi connectivity index (χ1) is 15.1. The Morgan fingerprint density at radius 2 is 1.84 bits per heavy atom. The number of carbonyl (C=O) groups excluding carboxylic acids is 1. The van der Waals surface area contributed by atoms with E-state index in [2.05, 4.69) is 25.7 Å². The third-order valence-electron chi connectivity index (χ3n) is 5.48. The SMILES string of the molecule is Cc1cc(C(=O)Nc2ccc(-c3nnc(NCCCN4CCCCC4)o3)cc2)c(C)o1. The maximum Gasteiger partial charge on any atom is 0.315 e. The average Bonchev–Trinajstić information content (AvgIpc) is 3.38. The van der Waals surface area contributed by atoms with Gasteiger partial charge in [0.2, 0.25) is 5.89 Å². The number of aryl methyl sites for hydroxylation is 2. The van der Waals surface area contributed by atoms with E-state index in [1.54, 1.807) is 13.0 Å². The van der Waals surface area contributed by atoms with Crippen molar-refractivity contribution < 1.29 is 13.6 Å². The molecule has 1 aliphatic rings. The van der Waals surface area contributed by atoms with Gasteiger partial charge < -0.3 is 24.4 Å². The van der Waals surface area contributed by atoms with E-state index in [0.29, 0.717) is 34.7 Å². The topological polar surface area (TPSA) is 96.4 Å². The third kappa shape index (κ3) is 5.52. The summed E-state index contributed by atoms with van der Waals surface area (Å²) >= 11 is 0. The number of benzene rings is 1. The molecule has 0 spiro atoms. The van der Waals surface area contributed by atoms with Crippen molar-refractivity contribution in [3.05, 3.63) is 47.4 Å². The van der Waals surface area contributed by atoms with Crippen LogP contribution in [0.25, 0.3) is 11.5 Å². The first-order valence-electron chi connectivity index (χ1n) is 10.9.